The van der Waals surface area contributed by atoms with Crippen LogP contribution in [0, 0.1) is 0 Å². The molecule has 0 aliphatic heterocycles. The second-order valence-electron chi connectivity index (χ2n) is 1.27. The molecule has 1 atom stereocenters. The van der Waals surface area contributed by atoms with Crippen molar-refractivity contribution >= 4 is 32.9 Å². The van der Waals surface area contributed by atoms with Gasteiger partial charge in [-0.15, -0.1) is 0 Å². The zero-order valence-corrected chi connectivity index (χ0v) is 7.18. The molecular weight excluding hydrogens is 186 g/mol. The van der Waals surface area contributed by atoms with E-state index in [1.165, 1.54) is 23.2 Å². The second-order valence-corrected chi connectivity index (χ2v) is 2.89. The molecule has 0 aliphatic carbocycles. The van der Waals surface area contributed by atoms with Gasteiger partial charge in [-0.3, -0.25) is 0 Å². The van der Waals surface area contributed by atoms with Crippen molar-refractivity contribution in [3.8, 4) is 0 Å². The third-order valence-electron chi connectivity index (χ3n) is 0.655. The first-order valence-electron chi connectivity index (χ1n) is 2.02. The zero-order chi connectivity index (χ0) is 5.98. The molecule has 0 bridgehead atoms. The Hall–Kier alpha value is -0.0716. The summed E-state index contributed by atoms with van der Waals surface area (Å²) in [4.78, 5) is 7.58. The van der Waals surface area contributed by atoms with Crippen LogP contribution in [0.25, 0.3) is 0 Å². The van der Waals surface area contributed by atoms with Gasteiger partial charge in [-0.2, -0.15) is 0 Å². The summed E-state index contributed by atoms with van der Waals surface area (Å²) < 4.78 is 0.956. The maximum absolute atomic E-state index is 5.50. The van der Waals surface area contributed by atoms with Gasteiger partial charge in [-0.05, 0) is 0 Å². The topological polar surface area (TPSA) is 25.8 Å². The summed E-state index contributed by atoms with van der Waals surface area (Å²) in [6.45, 7) is 0. The summed E-state index contributed by atoms with van der Waals surface area (Å²) in [5, 5.41) is 0.513. The van der Waals surface area contributed by atoms with Crippen LogP contribution in [0.2, 0.25) is 5.15 Å². The number of nitrogens with zero attached hydrogens (tertiary/aromatic N) is 2. The van der Waals surface area contributed by atoms with E-state index in [1.54, 1.807) is 6.07 Å². The molecule has 1 heterocycles. The van der Waals surface area contributed by atoms with Gasteiger partial charge in [-0.25, -0.2) is 0 Å². The molecule has 1 unspecified atom stereocenters. The molecule has 0 aliphatic rings. The van der Waals surface area contributed by atoms with Crippen molar-refractivity contribution in [2.45, 2.75) is 0 Å². The van der Waals surface area contributed by atoms with E-state index in [1.807, 2.05) is 0 Å². The molecule has 1 rings (SSSR count). The Morgan fingerprint density at radius 1 is 1.50 bits per heavy atom. The van der Waals surface area contributed by atoms with Crippen molar-refractivity contribution in [1.29, 1.82) is 0 Å². The SMILES string of the molecule is Clc1cc([AsH2])ncn1. The normalized spacial score (nSPS) is 9.25. The van der Waals surface area contributed by atoms with Gasteiger partial charge in [0.1, 0.15) is 0 Å². The van der Waals surface area contributed by atoms with Gasteiger partial charge < -0.3 is 0 Å². The van der Waals surface area contributed by atoms with E-state index in [2.05, 4.69) is 9.97 Å². The molecule has 42 valence electrons. The molecule has 0 aromatic carbocycles. The Labute approximate surface area is 60.8 Å². The summed E-state index contributed by atoms with van der Waals surface area (Å²) in [7, 11) is 0. The molecule has 0 radical (unpaired) electrons. The molecule has 0 N–H and O–H groups in total. The summed E-state index contributed by atoms with van der Waals surface area (Å²) in [5.41, 5.74) is 0. The number of rotatable bonds is 0. The predicted molar refractivity (Wildman–Crippen MR) is 35.2 cm³/mol. The number of aromatic nitrogens is 2. The van der Waals surface area contributed by atoms with Crippen molar-refractivity contribution in [3.63, 3.8) is 0 Å². The van der Waals surface area contributed by atoms with Crippen LogP contribution in [0.4, 0.5) is 0 Å². The maximum atomic E-state index is 5.50. The first-order chi connectivity index (χ1) is 3.79. The van der Waals surface area contributed by atoms with Crippen LogP contribution in [-0.2, 0) is 0 Å². The van der Waals surface area contributed by atoms with Crippen LogP contribution in [0.5, 0.6) is 0 Å². The van der Waals surface area contributed by atoms with Crippen LogP contribution >= 0.6 is 11.6 Å². The number of halogens is 1. The van der Waals surface area contributed by atoms with Gasteiger partial charge in [0.05, 0.1) is 0 Å². The molecule has 1 aromatic heterocycles. The van der Waals surface area contributed by atoms with E-state index in [0.717, 1.165) is 4.48 Å². The predicted octanol–water partition coefficient (Wildman–Crippen LogP) is -0.612. The summed E-state index contributed by atoms with van der Waals surface area (Å²) in [6.07, 6.45) is 1.46. The molecule has 1 aromatic rings. The fraction of sp³-hybridized carbons (Fsp3) is 0. The average Bonchev–Trinajstić information content (AvgIpc) is 1.64. The van der Waals surface area contributed by atoms with Crippen molar-refractivity contribution in [3.05, 3.63) is 17.5 Å². The van der Waals surface area contributed by atoms with E-state index in [0.29, 0.717) is 5.15 Å². The first-order valence-corrected chi connectivity index (χ1v) is 3.61. The fourth-order valence-corrected chi connectivity index (χ4v) is 1.20. The molecule has 2 nitrogen and oxygen atoms in total. The Morgan fingerprint density at radius 3 is 2.62 bits per heavy atom. The summed E-state index contributed by atoms with van der Waals surface area (Å²) >= 11 is 6.95. The number of hydrogen-bond acceptors (Lipinski definition) is 2. The molecule has 0 saturated heterocycles. The van der Waals surface area contributed by atoms with Gasteiger partial charge in [0.25, 0.3) is 0 Å². The third-order valence-corrected chi connectivity index (χ3v) is 1.52. The van der Waals surface area contributed by atoms with Crippen molar-refractivity contribution in [2.75, 3.05) is 0 Å². The van der Waals surface area contributed by atoms with E-state index >= 15 is 0 Å². The van der Waals surface area contributed by atoms with Gasteiger partial charge in [0.2, 0.25) is 0 Å². The average molecular weight is 190 g/mol. The molecular formula is C4H4AsClN2. The monoisotopic (exact) mass is 190 g/mol. The van der Waals surface area contributed by atoms with Crippen LogP contribution in [-0.4, -0.2) is 26.8 Å². The standard InChI is InChI=1S/C4H4AsClN2/c5-3-1-4(6)8-2-7-3/h1-2H,5H2. The molecule has 0 amide bonds. The van der Waals surface area contributed by atoms with Gasteiger partial charge in [0, 0.05) is 0 Å². The van der Waals surface area contributed by atoms with Crippen molar-refractivity contribution in [2.24, 2.45) is 0 Å². The Morgan fingerprint density at radius 2 is 2.25 bits per heavy atom. The minimum absolute atomic E-state index is 0.513. The van der Waals surface area contributed by atoms with Gasteiger partial charge in [-0.1, -0.05) is 0 Å². The van der Waals surface area contributed by atoms with E-state index in [4.69, 9.17) is 11.6 Å². The molecule has 0 saturated carbocycles. The zero-order valence-electron chi connectivity index (χ0n) is 4.00. The molecule has 0 fully saturated rings. The Bertz CT molecular complexity index is 174. The Balaban J connectivity index is 3.08. The molecule has 0 spiro atoms. The second kappa shape index (κ2) is 2.47. The van der Waals surface area contributed by atoms with Crippen molar-refractivity contribution in [1.82, 2.24) is 9.97 Å². The minimum atomic E-state index is 0.513. The van der Waals surface area contributed by atoms with E-state index < -0.39 is 0 Å². The Kier molecular flexibility index (Phi) is 1.87. The summed E-state index contributed by atoms with van der Waals surface area (Å²) in [5.74, 6) is 0. The quantitative estimate of drug-likeness (QED) is 0.403. The summed E-state index contributed by atoms with van der Waals surface area (Å²) in [6, 6.07) is 1.74. The van der Waals surface area contributed by atoms with Crippen LogP contribution in [0.15, 0.2) is 12.4 Å². The van der Waals surface area contributed by atoms with E-state index in [-0.39, 0.29) is 0 Å². The van der Waals surface area contributed by atoms with Crippen molar-refractivity contribution < 1.29 is 0 Å². The first kappa shape index (κ1) is 6.05. The molecule has 4 heteroatoms. The van der Waals surface area contributed by atoms with Crippen LogP contribution in [0.3, 0.4) is 0 Å². The number of hydrogen-bond donors (Lipinski definition) is 0. The molecule has 8 heavy (non-hydrogen) atoms. The van der Waals surface area contributed by atoms with Crippen LogP contribution < -0.4 is 4.48 Å². The third kappa shape index (κ3) is 1.46. The fourth-order valence-electron chi connectivity index (χ4n) is 0.347. The van der Waals surface area contributed by atoms with E-state index in [9.17, 15) is 0 Å². The van der Waals surface area contributed by atoms with Gasteiger partial charge >= 0.3 is 60.5 Å². The van der Waals surface area contributed by atoms with Gasteiger partial charge in [0.15, 0.2) is 0 Å². The van der Waals surface area contributed by atoms with Crippen LogP contribution in [0.1, 0.15) is 0 Å².